The van der Waals surface area contributed by atoms with Gasteiger partial charge in [-0.2, -0.15) is 0 Å². The maximum Gasteiger partial charge on any atom is 0.264 e. The molecule has 0 radical (unpaired) electrons. The van der Waals surface area contributed by atoms with Gasteiger partial charge in [0.05, 0.1) is 14.8 Å². The van der Waals surface area contributed by atoms with E-state index >= 15 is 0 Å². The van der Waals surface area contributed by atoms with E-state index in [4.69, 9.17) is 11.6 Å². The highest BCUT2D eigenvalue weighted by Crippen LogP contribution is 2.23. The lowest BCUT2D eigenvalue weighted by atomic mass is 10.1. The molecular formula is C11H16ClNO2S. The van der Waals surface area contributed by atoms with Gasteiger partial charge in [0.15, 0.2) is 0 Å². The number of carbonyl (C=O) groups is 1. The quantitative estimate of drug-likeness (QED) is 0.905. The number of hydrogen-bond acceptors (Lipinski definition) is 3. The fourth-order valence-corrected chi connectivity index (χ4v) is 2.39. The Morgan fingerprint density at radius 3 is 2.56 bits per heavy atom. The lowest BCUT2D eigenvalue weighted by Gasteiger charge is -2.27. The summed E-state index contributed by atoms with van der Waals surface area (Å²) in [5, 5.41) is 9.70. The molecule has 0 aliphatic rings. The molecule has 1 amide bonds. The number of hydrogen-bond donors (Lipinski definition) is 1. The van der Waals surface area contributed by atoms with Crippen LogP contribution in [0.1, 0.15) is 30.4 Å². The zero-order chi connectivity index (χ0) is 12.3. The topological polar surface area (TPSA) is 40.5 Å². The average molecular weight is 262 g/mol. The number of amides is 1. The van der Waals surface area contributed by atoms with Crippen LogP contribution in [-0.4, -0.2) is 34.6 Å². The van der Waals surface area contributed by atoms with Gasteiger partial charge < -0.3 is 10.0 Å². The Morgan fingerprint density at radius 1 is 1.56 bits per heavy atom. The van der Waals surface area contributed by atoms with Crippen molar-refractivity contribution in [2.45, 2.75) is 26.4 Å². The molecule has 1 rings (SSSR count). The monoisotopic (exact) mass is 261 g/mol. The summed E-state index contributed by atoms with van der Waals surface area (Å²) in [4.78, 5) is 14.3. The first-order valence-corrected chi connectivity index (χ1v) is 6.30. The third-order valence-electron chi connectivity index (χ3n) is 2.03. The first-order chi connectivity index (χ1) is 7.33. The van der Waals surface area contributed by atoms with E-state index in [2.05, 4.69) is 0 Å². The van der Waals surface area contributed by atoms with Crippen molar-refractivity contribution in [3.63, 3.8) is 0 Å². The maximum absolute atomic E-state index is 12.0. The van der Waals surface area contributed by atoms with Gasteiger partial charge in [-0.1, -0.05) is 11.6 Å². The van der Waals surface area contributed by atoms with Crippen molar-refractivity contribution >= 4 is 28.8 Å². The molecule has 3 nitrogen and oxygen atoms in total. The number of nitrogens with zero attached hydrogens (tertiary/aromatic N) is 1. The molecule has 0 fully saturated rings. The molecule has 0 unspecified atom stereocenters. The SMILES string of the molecule is CCN(CC(C)(C)O)C(=O)c1ccc(Cl)s1. The van der Waals surface area contributed by atoms with Crippen molar-refractivity contribution < 1.29 is 9.90 Å². The van der Waals surface area contributed by atoms with E-state index in [0.29, 0.717) is 22.3 Å². The number of rotatable bonds is 4. The van der Waals surface area contributed by atoms with Gasteiger partial charge >= 0.3 is 0 Å². The van der Waals surface area contributed by atoms with Gasteiger partial charge in [-0.05, 0) is 32.9 Å². The fraction of sp³-hybridized carbons (Fsp3) is 0.545. The van der Waals surface area contributed by atoms with Crippen LogP contribution in [-0.2, 0) is 0 Å². The predicted molar refractivity (Wildman–Crippen MR) is 67.2 cm³/mol. The van der Waals surface area contributed by atoms with Crippen molar-refractivity contribution in [1.82, 2.24) is 4.90 Å². The van der Waals surface area contributed by atoms with Crippen LogP contribution in [0.25, 0.3) is 0 Å². The summed E-state index contributed by atoms with van der Waals surface area (Å²) in [6, 6.07) is 3.42. The highest BCUT2D eigenvalue weighted by atomic mass is 35.5. The van der Waals surface area contributed by atoms with Gasteiger partial charge in [0.25, 0.3) is 5.91 Å². The second-order valence-corrected chi connectivity index (χ2v) is 5.95. The standard InChI is InChI=1S/C11H16ClNO2S/c1-4-13(7-11(2,3)15)10(14)8-5-6-9(12)16-8/h5-6,15H,4,7H2,1-3H3. The van der Waals surface area contributed by atoms with Crippen molar-refractivity contribution in [2.24, 2.45) is 0 Å². The van der Waals surface area contributed by atoms with E-state index in [-0.39, 0.29) is 5.91 Å². The number of carbonyl (C=O) groups excluding carboxylic acids is 1. The van der Waals surface area contributed by atoms with Gasteiger partial charge in [-0.15, -0.1) is 11.3 Å². The third-order valence-corrected chi connectivity index (χ3v) is 3.25. The molecule has 1 aromatic heterocycles. The second-order valence-electron chi connectivity index (χ2n) is 4.24. The number of thiophene rings is 1. The van der Waals surface area contributed by atoms with Crippen LogP contribution < -0.4 is 0 Å². The first-order valence-electron chi connectivity index (χ1n) is 5.10. The minimum absolute atomic E-state index is 0.0819. The Labute approximate surface area is 105 Å². The molecule has 1 N–H and O–H groups in total. The van der Waals surface area contributed by atoms with Crippen molar-refractivity contribution in [3.8, 4) is 0 Å². The second kappa shape index (κ2) is 5.17. The van der Waals surface area contributed by atoms with Crippen LogP contribution in [0.2, 0.25) is 4.34 Å². The molecule has 5 heteroatoms. The largest absolute Gasteiger partial charge is 0.389 e. The van der Waals surface area contributed by atoms with Crippen LogP contribution >= 0.6 is 22.9 Å². The summed E-state index contributed by atoms with van der Waals surface area (Å²) in [5.41, 5.74) is -0.882. The summed E-state index contributed by atoms with van der Waals surface area (Å²) < 4.78 is 0.600. The number of halogens is 1. The van der Waals surface area contributed by atoms with E-state index in [1.807, 2.05) is 6.92 Å². The highest BCUT2D eigenvalue weighted by molar-refractivity contribution is 7.17. The van der Waals surface area contributed by atoms with E-state index in [0.717, 1.165) is 0 Å². The van der Waals surface area contributed by atoms with Crippen LogP contribution in [0.4, 0.5) is 0 Å². The van der Waals surface area contributed by atoms with E-state index < -0.39 is 5.60 Å². The number of likely N-dealkylation sites (N-methyl/N-ethyl adjacent to an activating group) is 1. The normalized spacial score (nSPS) is 11.6. The Balaban J connectivity index is 2.78. The molecular weight excluding hydrogens is 246 g/mol. The molecule has 1 heterocycles. The molecule has 0 spiro atoms. The Hall–Kier alpha value is -0.580. The molecule has 0 aliphatic heterocycles. The summed E-state index contributed by atoms with van der Waals surface area (Å²) in [5.74, 6) is -0.0819. The smallest absolute Gasteiger partial charge is 0.264 e. The van der Waals surface area contributed by atoms with E-state index in [1.165, 1.54) is 11.3 Å². The zero-order valence-electron chi connectivity index (χ0n) is 9.66. The van der Waals surface area contributed by atoms with Crippen LogP contribution in [0.5, 0.6) is 0 Å². The number of aliphatic hydroxyl groups is 1. The molecule has 0 saturated carbocycles. The lowest BCUT2D eigenvalue weighted by molar-refractivity contribution is 0.0317. The minimum Gasteiger partial charge on any atom is -0.389 e. The molecule has 0 aliphatic carbocycles. The molecule has 1 aromatic rings. The molecule has 0 bridgehead atoms. The molecule has 0 atom stereocenters. The maximum atomic E-state index is 12.0. The van der Waals surface area contributed by atoms with E-state index in [1.54, 1.807) is 30.9 Å². The predicted octanol–water partition coefficient (Wildman–Crippen LogP) is 2.63. The summed E-state index contributed by atoms with van der Waals surface area (Å²) in [6.45, 7) is 6.14. The summed E-state index contributed by atoms with van der Waals surface area (Å²) in [7, 11) is 0. The van der Waals surface area contributed by atoms with Gasteiger partial charge in [0.2, 0.25) is 0 Å². The Bertz CT molecular complexity index is 370. The average Bonchev–Trinajstić information content (AvgIpc) is 2.58. The van der Waals surface area contributed by atoms with Gasteiger partial charge in [-0.25, -0.2) is 0 Å². The Morgan fingerprint density at radius 2 is 2.19 bits per heavy atom. The molecule has 0 aromatic carbocycles. The van der Waals surface area contributed by atoms with Crippen LogP contribution in [0.3, 0.4) is 0 Å². The zero-order valence-corrected chi connectivity index (χ0v) is 11.2. The third kappa shape index (κ3) is 3.77. The van der Waals surface area contributed by atoms with Crippen molar-refractivity contribution in [3.05, 3.63) is 21.3 Å². The fourth-order valence-electron chi connectivity index (χ4n) is 1.38. The van der Waals surface area contributed by atoms with Crippen LogP contribution in [0.15, 0.2) is 12.1 Å². The molecule has 16 heavy (non-hydrogen) atoms. The van der Waals surface area contributed by atoms with E-state index in [9.17, 15) is 9.90 Å². The summed E-state index contributed by atoms with van der Waals surface area (Å²) in [6.07, 6.45) is 0. The van der Waals surface area contributed by atoms with Gasteiger partial charge in [-0.3, -0.25) is 4.79 Å². The summed E-state index contributed by atoms with van der Waals surface area (Å²) >= 11 is 7.04. The Kier molecular flexibility index (Phi) is 4.35. The lowest BCUT2D eigenvalue weighted by Crippen LogP contribution is -2.41. The van der Waals surface area contributed by atoms with Crippen LogP contribution in [0, 0.1) is 0 Å². The van der Waals surface area contributed by atoms with Crippen molar-refractivity contribution in [2.75, 3.05) is 13.1 Å². The molecule has 0 saturated heterocycles. The van der Waals surface area contributed by atoms with Crippen molar-refractivity contribution in [1.29, 1.82) is 0 Å². The highest BCUT2D eigenvalue weighted by Gasteiger charge is 2.23. The minimum atomic E-state index is -0.882. The van der Waals surface area contributed by atoms with Gasteiger partial charge in [0.1, 0.15) is 0 Å². The van der Waals surface area contributed by atoms with Gasteiger partial charge in [0, 0.05) is 13.1 Å². The first kappa shape index (κ1) is 13.5. The molecule has 90 valence electrons.